The standard InChI is InChI=1S/C11H19N3O2/c1-8(2)7-14-9(15)11(13-10(14)16)3-5-12-6-4-11/h9,12,15H,1,3-7H2,2H3,(H,13,16). The highest BCUT2D eigenvalue weighted by Crippen LogP contribution is 2.30. The minimum atomic E-state index is -0.737. The molecule has 1 spiro atoms. The van der Waals surface area contributed by atoms with Crippen molar-refractivity contribution < 1.29 is 9.90 Å². The van der Waals surface area contributed by atoms with Crippen molar-refractivity contribution in [2.45, 2.75) is 31.5 Å². The van der Waals surface area contributed by atoms with E-state index in [1.807, 2.05) is 6.92 Å². The minimum absolute atomic E-state index is 0.183. The van der Waals surface area contributed by atoms with Gasteiger partial charge in [0.25, 0.3) is 0 Å². The second kappa shape index (κ2) is 4.07. The highest BCUT2D eigenvalue weighted by molar-refractivity contribution is 5.78. The summed E-state index contributed by atoms with van der Waals surface area (Å²) in [7, 11) is 0. The maximum Gasteiger partial charge on any atom is 0.320 e. The summed E-state index contributed by atoms with van der Waals surface area (Å²) in [5.74, 6) is 0. The molecule has 2 rings (SSSR count). The van der Waals surface area contributed by atoms with Gasteiger partial charge in [-0.05, 0) is 32.9 Å². The monoisotopic (exact) mass is 225 g/mol. The first-order chi connectivity index (χ1) is 7.55. The number of nitrogens with one attached hydrogen (secondary N) is 2. The van der Waals surface area contributed by atoms with E-state index in [1.54, 1.807) is 0 Å². The molecule has 3 N–H and O–H groups in total. The van der Waals surface area contributed by atoms with Gasteiger partial charge in [0.05, 0.1) is 5.54 Å². The molecule has 5 nitrogen and oxygen atoms in total. The van der Waals surface area contributed by atoms with Gasteiger partial charge in [-0.3, -0.25) is 4.90 Å². The predicted molar refractivity (Wildman–Crippen MR) is 60.9 cm³/mol. The van der Waals surface area contributed by atoms with Gasteiger partial charge in [-0.2, -0.15) is 0 Å². The molecule has 0 bridgehead atoms. The van der Waals surface area contributed by atoms with E-state index in [2.05, 4.69) is 17.2 Å². The van der Waals surface area contributed by atoms with Crippen molar-refractivity contribution in [1.82, 2.24) is 15.5 Å². The van der Waals surface area contributed by atoms with Gasteiger partial charge < -0.3 is 15.7 Å². The molecule has 2 aliphatic rings. The molecule has 0 aromatic carbocycles. The minimum Gasteiger partial charge on any atom is -0.371 e. The van der Waals surface area contributed by atoms with Crippen LogP contribution in [-0.4, -0.2) is 47.4 Å². The van der Waals surface area contributed by atoms with Crippen molar-refractivity contribution in [2.24, 2.45) is 0 Å². The number of aliphatic hydroxyl groups excluding tert-OH is 1. The Bertz CT molecular complexity index is 310. The highest BCUT2D eigenvalue weighted by Gasteiger charge is 2.50. The maximum atomic E-state index is 11.8. The quantitative estimate of drug-likeness (QED) is 0.581. The SMILES string of the molecule is C=C(C)CN1C(=O)NC2(CCNCC2)C1O. The molecule has 2 fully saturated rings. The van der Waals surface area contributed by atoms with Crippen molar-refractivity contribution in [1.29, 1.82) is 0 Å². The number of aliphatic hydroxyl groups is 1. The van der Waals surface area contributed by atoms with Crippen LogP contribution < -0.4 is 10.6 Å². The van der Waals surface area contributed by atoms with Crippen molar-refractivity contribution in [3.05, 3.63) is 12.2 Å². The van der Waals surface area contributed by atoms with Crippen molar-refractivity contribution in [3.8, 4) is 0 Å². The lowest BCUT2D eigenvalue weighted by molar-refractivity contribution is -0.00623. The van der Waals surface area contributed by atoms with Crippen molar-refractivity contribution in [3.63, 3.8) is 0 Å². The van der Waals surface area contributed by atoms with E-state index >= 15 is 0 Å². The van der Waals surface area contributed by atoms with Gasteiger partial charge in [-0.25, -0.2) is 4.79 Å². The first-order valence-corrected chi connectivity index (χ1v) is 5.67. The van der Waals surface area contributed by atoms with E-state index in [0.717, 1.165) is 31.5 Å². The zero-order chi connectivity index (χ0) is 11.8. The van der Waals surface area contributed by atoms with Crippen LogP contribution in [0.3, 0.4) is 0 Å². The van der Waals surface area contributed by atoms with E-state index in [0.29, 0.717) is 6.54 Å². The van der Waals surface area contributed by atoms with E-state index in [-0.39, 0.29) is 6.03 Å². The normalized spacial score (nSPS) is 28.2. The maximum absolute atomic E-state index is 11.8. The molecule has 2 heterocycles. The zero-order valence-electron chi connectivity index (χ0n) is 9.62. The van der Waals surface area contributed by atoms with E-state index in [4.69, 9.17) is 0 Å². The highest BCUT2D eigenvalue weighted by atomic mass is 16.3. The van der Waals surface area contributed by atoms with Crippen LogP contribution in [0.4, 0.5) is 4.79 Å². The lowest BCUT2D eigenvalue weighted by Gasteiger charge is -2.36. The van der Waals surface area contributed by atoms with Gasteiger partial charge >= 0.3 is 6.03 Å². The Morgan fingerprint density at radius 2 is 2.25 bits per heavy atom. The Morgan fingerprint density at radius 3 is 2.81 bits per heavy atom. The number of urea groups is 1. The van der Waals surface area contributed by atoms with Crippen LogP contribution >= 0.6 is 0 Å². The Labute approximate surface area is 95.5 Å². The number of hydrogen-bond acceptors (Lipinski definition) is 3. The summed E-state index contributed by atoms with van der Waals surface area (Å²) in [6.45, 7) is 7.71. The molecule has 0 aromatic rings. The van der Waals surface area contributed by atoms with Crippen LogP contribution in [-0.2, 0) is 0 Å². The fraction of sp³-hybridized carbons (Fsp3) is 0.727. The molecule has 1 atom stereocenters. The van der Waals surface area contributed by atoms with Gasteiger partial charge in [-0.15, -0.1) is 0 Å². The first kappa shape index (κ1) is 11.4. The van der Waals surface area contributed by atoms with Crippen LogP contribution in [0.5, 0.6) is 0 Å². The molecule has 0 saturated carbocycles. The second-order valence-corrected chi connectivity index (χ2v) is 4.79. The number of carbonyl (C=O) groups excluding carboxylic acids is 1. The van der Waals surface area contributed by atoms with Gasteiger partial charge in [0.1, 0.15) is 0 Å². The molecular weight excluding hydrogens is 206 g/mol. The van der Waals surface area contributed by atoms with E-state index in [9.17, 15) is 9.90 Å². The molecule has 5 heteroatoms. The zero-order valence-corrected chi connectivity index (χ0v) is 9.62. The average molecular weight is 225 g/mol. The topological polar surface area (TPSA) is 64.6 Å². The molecule has 2 aliphatic heterocycles. The van der Waals surface area contributed by atoms with Crippen LogP contribution in [0.15, 0.2) is 12.2 Å². The van der Waals surface area contributed by atoms with Gasteiger partial charge in [0.15, 0.2) is 6.23 Å². The summed E-state index contributed by atoms with van der Waals surface area (Å²) in [5.41, 5.74) is 0.415. The summed E-state index contributed by atoms with van der Waals surface area (Å²) >= 11 is 0. The molecule has 1 unspecified atom stereocenters. The Morgan fingerprint density at radius 1 is 1.62 bits per heavy atom. The summed E-state index contributed by atoms with van der Waals surface area (Å²) in [5, 5.41) is 16.4. The fourth-order valence-electron chi connectivity index (χ4n) is 2.46. The van der Waals surface area contributed by atoms with Gasteiger partial charge in [0, 0.05) is 6.54 Å². The second-order valence-electron chi connectivity index (χ2n) is 4.79. The van der Waals surface area contributed by atoms with Crippen molar-refractivity contribution >= 4 is 6.03 Å². The number of rotatable bonds is 2. The molecule has 0 radical (unpaired) electrons. The predicted octanol–water partition coefficient (Wildman–Crippen LogP) is 0.0283. The number of carbonyl (C=O) groups is 1. The number of hydrogen-bond donors (Lipinski definition) is 3. The van der Waals surface area contributed by atoms with E-state index in [1.165, 1.54) is 4.90 Å². The third-order valence-corrected chi connectivity index (χ3v) is 3.34. The van der Waals surface area contributed by atoms with Gasteiger partial charge in [-0.1, -0.05) is 12.2 Å². The largest absolute Gasteiger partial charge is 0.371 e. The first-order valence-electron chi connectivity index (χ1n) is 5.67. The van der Waals surface area contributed by atoms with Crippen LogP contribution in [0.25, 0.3) is 0 Å². The van der Waals surface area contributed by atoms with Crippen molar-refractivity contribution in [2.75, 3.05) is 19.6 Å². The molecule has 90 valence electrons. The summed E-state index contributed by atoms with van der Waals surface area (Å²) in [4.78, 5) is 13.3. The number of nitrogens with zero attached hydrogens (tertiary/aromatic N) is 1. The smallest absolute Gasteiger partial charge is 0.320 e. The molecule has 16 heavy (non-hydrogen) atoms. The molecule has 0 aliphatic carbocycles. The third-order valence-electron chi connectivity index (χ3n) is 3.34. The van der Waals surface area contributed by atoms with Crippen LogP contribution in [0.2, 0.25) is 0 Å². The molecule has 0 aromatic heterocycles. The van der Waals surface area contributed by atoms with Crippen LogP contribution in [0, 0.1) is 0 Å². The Hall–Kier alpha value is -1.07. The molecular formula is C11H19N3O2. The van der Waals surface area contributed by atoms with Crippen LogP contribution in [0.1, 0.15) is 19.8 Å². The van der Waals surface area contributed by atoms with E-state index < -0.39 is 11.8 Å². The number of amides is 2. The van der Waals surface area contributed by atoms with Gasteiger partial charge in [0.2, 0.25) is 0 Å². The summed E-state index contributed by atoms with van der Waals surface area (Å²) in [6, 6.07) is -0.183. The Kier molecular flexibility index (Phi) is 2.90. The lowest BCUT2D eigenvalue weighted by atomic mass is 9.87. The average Bonchev–Trinajstić information content (AvgIpc) is 2.44. The molecule has 2 saturated heterocycles. The Balaban J connectivity index is 2.14. The summed E-state index contributed by atoms with van der Waals surface area (Å²) < 4.78 is 0. The molecule has 2 amide bonds. The number of piperidine rings is 1. The fourth-order valence-corrected chi connectivity index (χ4v) is 2.46. The summed E-state index contributed by atoms with van der Waals surface area (Å²) in [6.07, 6.45) is 0.804. The lowest BCUT2D eigenvalue weighted by Crippen LogP contribution is -2.56. The third kappa shape index (κ3) is 1.81.